The second-order valence-corrected chi connectivity index (χ2v) is 2.81. The minimum absolute atomic E-state index is 1.07. The van der Waals surface area contributed by atoms with E-state index in [1.807, 2.05) is 12.1 Å². The van der Waals surface area contributed by atoms with E-state index in [1.54, 1.807) is 6.20 Å². The van der Waals surface area contributed by atoms with Crippen molar-refractivity contribution in [3.8, 4) is 0 Å². The van der Waals surface area contributed by atoms with Crippen molar-refractivity contribution in [2.75, 3.05) is 0 Å². The Bertz CT molecular complexity index is 226. The summed E-state index contributed by atoms with van der Waals surface area (Å²) in [6, 6.07) is 10.5. The molecule has 0 fully saturated rings. The average molecular weight is 161 g/mol. The molecule has 0 aliphatic rings. The summed E-state index contributed by atoms with van der Waals surface area (Å²) in [4.78, 5) is 0. The minimum Gasteiger partial charge on any atom is -0.405 e. The molecular weight excluding hydrogens is 146 g/mol. The number of hydrogen-bond acceptors (Lipinski definition) is 1. The van der Waals surface area contributed by atoms with E-state index in [2.05, 4.69) is 24.3 Å². The van der Waals surface area contributed by atoms with Crippen LogP contribution >= 0.6 is 0 Å². The highest BCUT2D eigenvalue weighted by Gasteiger charge is 1.88. The fraction of sp³-hybridized carbons (Fsp3) is 0.273. The molecule has 64 valence electrons. The quantitative estimate of drug-likeness (QED) is 0.674. The van der Waals surface area contributed by atoms with Gasteiger partial charge in [-0.1, -0.05) is 36.4 Å². The van der Waals surface area contributed by atoms with Crippen LogP contribution in [-0.2, 0) is 6.42 Å². The molecule has 0 aliphatic carbocycles. The molecule has 0 saturated carbocycles. The molecular formula is C11H15N. The summed E-state index contributed by atoms with van der Waals surface area (Å²) in [6.45, 7) is 0. The average Bonchev–Trinajstić information content (AvgIpc) is 2.14. The molecule has 1 heteroatoms. The number of unbranched alkanes of at least 4 members (excludes halogenated alkanes) is 1. The summed E-state index contributed by atoms with van der Waals surface area (Å²) in [6.07, 6.45) is 7.02. The highest BCUT2D eigenvalue weighted by atomic mass is 14.5. The third-order valence-electron chi connectivity index (χ3n) is 1.82. The highest BCUT2D eigenvalue weighted by molar-refractivity contribution is 5.14. The third-order valence-corrected chi connectivity index (χ3v) is 1.82. The lowest BCUT2D eigenvalue weighted by Gasteiger charge is -1.97. The van der Waals surface area contributed by atoms with Crippen molar-refractivity contribution in [2.45, 2.75) is 19.3 Å². The number of hydrogen-bond donors (Lipinski definition) is 1. The first-order valence-corrected chi connectivity index (χ1v) is 4.34. The van der Waals surface area contributed by atoms with Crippen LogP contribution in [0.3, 0.4) is 0 Å². The Morgan fingerprint density at radius 2 is 1.92 bits per heavy atom. The molecule has 0 saturated heterocycles. The van der Waals surface area contributed by atoms with Gasteiger partial charge < -0.3 is 5.73 Å². The molecule has 0 radical (unpaired) electrons. The van der Waals surface area contributed by atoms with Gasteiger partial charge in [-0.25, -0.2) is 0 Å². The van der Waals surface area contributed by atoms with Crippen molar-refractivity contribution in [3.05, 3.63) is 48.2 Å². The van der Waals surface area contributed by atoms with Gasteiger partial charge in [0, 0.05) is 0 Å². The van der Waals surface area contributed by atoms with Crippen LogP contribution in [0.15, 0.2) is 42.6 Å². The second-order valence-electron chi connectivity index (χ2n) is 2.81. The van der Waals surface area contributed by atoms with Crippen LogP contribution < -0.4 is 5.73 Å². The van der Waals surface area contributed by atoms with Gasteiger partial charge in [-0.15, -0.1) is 0 Å². The van der Waals surface area contributed by atoms with Crippen molar-refractivity contribution in [1.82, 2.24) is 0 Å². The summed E-state index contributed by atoms with van der Waals surface area (Å²) >= 11 is 0. The molecule has 1 rings (SSSR count). The van der Waals surface area contributed by atoms with Gasteiger partial charge in [0.2, 0.25) is 0 Å². The van der Waals surface area contributed by atoms with Gasteiger partial charge >= 0.3 is 0 Å². The van der Waals surface area contributed by atoms with Gasteiger partial charge in [0.25, 0.3) is 0 Å². The summed E-state index contributed by atoms with van der Waals surface area (Å²) in [5, 5.41) is 0. The largest absolute Gasteiger partial charge is 0.405 e. The lowest BCUT2D eigenvalue weighted by atomic mass is 10.1. The Kier molecular flexibility index (Phi) is 4.00. The smallest absolute Gasteiger partial charge is 0.0103 e. The highest BCUT2D eigenvalue weighted by Crippen LogP contribution is 2.04. The second kappa shape index (κ2) is 5.42. The van der Waals surface area contributed by atoms with Gasteiger partial charge in [-0.05, 0) is 31.0 Å². The molecule has 2 N–H and O–H groups in total. The number of benzene rings is 1. The van der Waals surface area contributed by atoms with Crippen molar-refractivity contribution in [3.63, 3.8) is 0 Å². The van der Waals surface area contributed by atoms with Crippen molar-refractivity contribution in [2.24, 2.45) is 5.73 Å². The fourth-order valence-corrected chi connectivity index (χ4v) is 1.16. The Morgan fingerprint density at radius 3 is 2.58 bits per heavy atom. The number of nitrogens with two attached hydrogens (primary N) is 1. The summed E-state index contributed by atoms with van der Waals surface area (Å²) in [5.74, 6) is 0. The van der Waals surface area contributed by atoms with Gasteiger partial charge in [0.15, 0.2) is 0 Å². The van der Waals surface area contributed by atoms with Crippen LogP contribution in [0.5, 0.6) is 0 Å². The maximum atomic E-state index is 5.23. The lowest BCUT2D eigenvalue weighted by Crippen LogP contribution is -1.83. The molecule has 1 nitrogen and oxygen atoms in total. The van der Waals surface area contributed by atoms with E-state index >= 15 is 0 Å². The molecule has 0 aromatic heterocycles. The van der Waals surface area contributed by atoms with Gasteiger partial charge in [0.05, 0.1) is 0 Å². The van der Waals surface area contributed by atoms with E-state index in [0.717, 1.165) is 12.8 Å². The van der Waals surface area contributed by atoms with E-state index in [-0.39, 0.29) is 0 Å². The van der Waals surface area contributed by atoms with Crippen LogP contribution in [0.25, 0.3) is 0 Å². The first kappa shape index (κ1) is 8.85. The molecule has 0 amide bonds. The van der Waals surface area contributed by atoms with Crippen molar-refractivity contribution < 1.29 is 0 Å². The maximum Gasteiger partial charge on any atom is -0.0103 e. The topological polar surface area (TPSA) is 26.0 Å². The molecule has 1 aromatic rings. The minimum atomic E-state index is 1.07. The molecule has 0 atom stereocenters. The van der Waals surface area contributed by atoms with E-state index in [4.69, 9.17) is 5.73 Å². The van der Waals surface area contributed by atoms with Crippen molar-refractivity contribution >= 4 is 0 Å². The van der Waals surface area contributed by atoms with Crippen LogP contribution in [0, 0.1) is 0 Å². The summed E-state index contributed by atoms with van der Waals surface area (Å²) in [7, 11) is 0. The molecule has 0 unspecified atom stereocenters. The fourth-order valence-electron chi connectivity index (χ4n) is 1.16. The number of allylic oxidation sites excluding steroid dienone is 1. The Hall–Kier alpha value is -1.24. The number of rotatable bonds is 4. The van der Waals surface area contributed by atoms with Crippen molar-refractivity contribution in [1.29, 1.82) is 0 Å². The monoisotopic (exact) mass is 161 g/mol. The molecule has 0 aliphatic heterocycles. The molecule has 1 aromatic carbocycles. The van der Waals surface area contributed by atoms with Crippen LogP contribution in [-0.4, -0.2) is 0 Å². The SMILES string of the molecule is N/C=C/CCCc1ccccc1. The van der Waals surface area contributed by atoms with Gasteiger partial charge in [0.1, 0.15) is 0 Å². The molecule has 0 spiro atoms. The Morgan fingerprint density at radius 1 is 1.17 bits per heavy atom. The van der Waals surface area contributed by atoms with E-state index in [9.17, 15) is 0 Å². The molecule has 0 heterocycles. The van der Waals surface area contributed by atoms with Gasteiger partial charge in [-0.3, -0.25) is 0 Å². The Balaban J connectivity index is 2.24. The maximum absolute atomic E-state index is 5.23. The van der Waals surface area contributed by atoms with Crippen LogP contribution in [0.1, 0.15) is 18.4 Å². The Labute approximate surface area is 73.9 Å². The zero-order chi connectivity index (χ0) is 8.65. The first-order valence-electron chi connectivity index (χ1n) is 4.34. The zero-order valence-corrected chi connectivity index (χ0v) is 7.24. The predicted octanol–water partition coefficient (Wildman–Crippen LogP) is 2.48. The standard InChI is InChI=1S/C11H15N/c12-10-6-2-5-9-11-7-3-1-4-8-11/h1,3-4,6-8,10H,2,5,9,12H2/b10-6+. The van der Waals surface area contributed by atoms with E-state index in [0.29, 0.717) is 0 Å². The van der Waals surface area contributed by atoms with Gasteiger partial charge in [-0.2, -0.15) is 0 Å². The van der Waals surface area contributed by atoms with Crippen LogP contribution in [0.2, 0.25) is 0 Å². The lowest BCUT2D eigenvalue weighted by molar-refractivity contribution is 0.841. The van der Waals surface area contributed by atoms with Crippen LogP contribution in [0.4, 0.5) is 0 Å². The molecule has 12 heavy (non-hydrogen) atoms. The molecule has 0 bridgehead atoms. The third kappa shape index (κ3) is 3.24. The van der Waals surface area contributed by atoms with E-state index in [1.165, 1.54) is 12.0 Å². The normalized spacial score (nSPS) is 10.7. The predicted molar refractivity (Wildman–Crippen MR) is 52.7 cm³/mol. The van der Waals surface area contributed by atoms with E-state index < -0.39 is 0 Å². The summed E-state index contributed by atoms with van der Waals surface area (Å²) in [5.41, 5.74) is 6.63. The number of aryl methyl sites for hydroxylation is 1. The summed E-state index contributed by atoms with van der Waals surface area (Å²) < 4.78 is 0. The zero-order valence-electron chi connectivity index (χ0n) is 7.24. The first-order chi connectivity index (χ1) is 5.93.